The number of aliphatic hydroxyl groups excluding tert-OH is 5. The van der Waals surface area contributed by atoms with Crippen molar-refractivity contribution in [3.63, 3.8) is 0 Å². The summed E-state index contributed by atoms with van der Waals surface area (Å²) in [4.78, 5) is 25.7. The van der Waals surface area contributed by atoms with E-state index in [1.807, 2.05) is 31.2 Å². The van der Waals surface area contributed by atoms with Gasteiger partial charge >= 0.3 is 0 Å². The molecule has 2 unspecified atom stereocenters. The maximum Gasteiger partial charge on any atom is 0.224 e. The Bertz CT molecular complexity index is 1400. The number of hydrogen-bond acceptors (Lipinski definition) is 9. The molecule has 1 saturated heterocycles. The molecule has 7 N–H and O–H groups in total. The molecule has 0 radical (unpaired) electrons. The van der Waals surface area contributed by atoms with E-state index in [4.69, 9.17) is 9.47 Å². The molecule has 2 aromatic rings. The standard InChI is InChI=1S/C41H62F2N2O9/c1-3-4-5-6-7-8-9-10-11-12-13-14-19-33(46)37(49)32(45-36(48)23-28-20-21-30(42)31(43)22-28)26-53-41-40(52)39(51)38(50)34(54-41)25-44-35(47)24-29-18-16-15-17-27(29)2/h15-18,20-22,32-34,37-41,46,49-52H,3-14,19,23-26H2,1-2H3,(H,44,47)(H,45,48)/t32-,33+,34?,37-,38-,39-,40?,41-/m0/s1. The van der Waals surface area contributed by atoms with Crippen LogP contribution in [0.2, 0.25) is 0 Å². The molecule has 13 heteroatoms. The Morgan fingerprint density at radius 2 is 1.43 bits per heavy atom. The Balaban J connectivity index is 1.55. The predicted octanol–water partition coefficient (Wildman–Crippen LogP) is 4.30. The molecule has 1 aliphatic rings. The van der Waals surface area contributed by atoms with Crippen molar-refractivity contribution in [2.45, 2.75) is 159 Å². The molecular formula is C41H62F2N2O9. The summed E-state index contributed by atoms with van der Waals surface area (Å²) in [7, 11) is 0. The number of rotatable bonds is 25. The van der Waals surface area contributed by atoms with Gasteiger partial charge in [-0.05, 0) is 42.2 Å². The molecule has 0 aromatic heterocycles. The van der Waals surface area contributed by atoms with Crippen molar-refractivity contribution in [1.29, 1.82) is 0 Å². The number of halogens is 2. The van der Waals surface area contributed by atoms with Crippen LogP contribution in [0, 0.1) is 18.6 Å². The Kier molecular flexibility index (Phi) is 20.5. The van der Waals surface area contributed by atoms with Crippen molar-refractivity contribution in [3.05, 3.63) is 70.8 Å². The number of carbonyl (C=O) groups is 2. The summed E-state index contributed by atoms with van der Waals surface area (Å²) >= 11 is 0. The minimum Gasteiger partial charge on any atom is -0.390 e. The van der Waals surface area contributed by atoms with Crippen LogP contribution in [0.25, 0.3) is 0 Å². The zero-order chi connectivity index (χ0) is 39.5. The van der Waals surface area contributed by atoms with Gasteiger partial charge in [-0.1, -0.05) is 114 Å². The molecule has 0 saturated carbocycles. The summed E-state index contributed by atoms with van der Waals surface area (Å²) in [6.45, 7) is 3.37. The first-order valence-corrected chi connectivity index (χ1v) is 19.6. The van der Waals surface area contributed by atoms with Crippen LogP contribution in [-0.2, 0) is 31.9 Å². The molecule has 3 rings (SSSR count). The predicted molar refractivity (Wildman–Crippen MR) is 200 cm³/mol. The van der Waals surface area contributed by atoms with Crippen LogP contribution in [0.1, 0.15) is 107 Å². The van der Waals surface area contributed by atoms with E-state index >= 15 is 0 Å². The van der Waals surface area contributed by atoms with Crippen molar-refractivity contribution in [2.24, 2.45) is 0 Å². The number of aryl methyl sites for hydroxylation is 1. The van der Waals surface area contributed by atoms with Crippen molar-refractivity contribution in [3.8, 4) is 0 Å². The minimum absolute atomic E-state index is 0.0754. The zero-order valence-corrected chi connectivity index (χ0v) is 31.8. The average molecular weight is 765 g/mol. The molecule has 2 amide bonds. The van der Waals surface area contributed by atoms with Gasteiger partial charge in [-0.2, -0.15) is 0 Å². The van der Waals surface area contributed by atoms with Gasteiger partial charge in [-0.3, -0.25) is 9.59 Å². The third-order valence-corrected chi connectivity index (χ3v) is 10.1. The van der Waals surface area contributed by atoms with Crippen LogP contribution in [0.4, 0.5) is 8.78 Å². The fourth-order valence-corrected chi connectivity index (χ4v) is 6.63. The number of carbonyl (C=O) groups excluding carboxylic acids is 2. The van der Waals surface area contributed by atoms with Crippen LogP contribution < -0.4 is 10.6 Å². The third-order valence-electron chi connectivity index (χ3n) is 10.1. The normalized spacial score (nSPS) is 21.7. The topological polar surface area (TPSA) is 178 Å². The summed E-state index contributed by atoms with van der Waals surface area (Å²) < 4.78 is 38.7. The minimum atomic E-state index is -1.74. The Morgan fingerprint density at radius 3 is 2.06 bits per heavy atom. The van der Waals surface area contributed by atoms with Gasteiger partial charge in [0.1, 0.15) is 30.5 Å². The first kappa shape index (κ1) is 45.4. The first-order valence-electron chi connectivity index (χ1n) is 19.6. The van der Waals surface area contributed by atoms with Gasteiger partial charge in [0, 0.05) is 6.54 Å². The third kappa shape index (κ3) is 15.6. The maximum atomic E-state index is 13.8. The van der Waals surface area contributed by atoms with Gasteiger partial charge in [0.25, 0.3) is 0 Å². The average Bonchev–Trinajstić information content (AvgIpc) is 3.15. The monoisotopic (exact) mass is 764 g/mol. The summed E-state index contributed by atoms with van der Waals surface area (Å²) in [5.74, 6) is -3.22. The SMILES string of the molecule is CCCCCCCCCCCCCC[C@@H](O)[C@@H](O)[C@H](CO[C@H]1OC(CNC(=O)Cc2ccccc2C)[C@H](O)[C@H](O)C1O)NC(=O)Cc1ccc(F)c(F)c1. The lowest BCUT2D eigenvalue weighted by atomic mass is 9.98. The molecule has 0 spiro atoms. The number of amides is 2. The van der Waals surface area contributed by atoms with E-state index in [1.165, 1.54) is 51.0 Å². The number of aliphatic hydroxyl groups is 5. The van der Waals surface area contributed by atoms with Crippen molar-refractivity contribution in [1.82, 2.24) is 10.6 Å². The summed E-state index contributed by atoms with van der Waals surface area (Å²) in [5.41, 5.74) is 1.92. The summed E-state index contributed by atoms with van der Waals surface area (Å²) in [6.07, 6.45) is 2.99. The Labute approximate surface area is 318 Å². The van der Waals surface area contributed by atoms with Crippen LogP contribution in [-0.4, -0.2) is 99.5 Å². The van der Waals surface area contributed by atoms with Gasteiger partial charge in [-0.15, -0.1) is 0 Å². The number of unbranched alkanes of at least 4 members (excludes halogenated alkanes) is 11. The number of hydrogen-bond donors (Lipinski definition) is 7. The highest BCUT2D eigenvalue weighted by atomic mass is 19.2. The van der Waals surface area contributed by atoms with Crippen LogP contribution in [0.5, 0.6) is 0 Å². The van der Waals surface area contributed by atoms with E-state index in [1.54, 1.807) is 0 Å². The van der Waals surface area contributed by atoms with E-state index in [0.29, 0.717) is 6.42 Å². The van der Waals surface area contributed by atoms with E-state index in [-0.39, 0.29) is 37.3 Å². The molecule has 1 heterocycles. The van der Waals surface area contributed by atoms with Gasteiger partial charge in [0.05, 0.1) is 31.6 Å². The second-order valence-electron chi connectivity index (χ2n) is 14.6. The fourth-order valence-electron chi connectivity index (χ4n) is 6.63. The van der Waals surface area contributed by atoms with Crippen LogP contribution >= 0.6 is 0 Å². The molecule has 8 atom stereocenters. The zero-order valence-electron chi connectivity index (χ0n) is 31.8. The molecule has 1 fully saturated rings. The lowest BCUT2D eigenvalue weighted by molar-refractivity contribution is -0.297. The highest BCUT2D eigenvalue weighted by Gasteiger charge is 2.45. The van der Waals surface area contributed by atoms with Gasteiger partial charge in [0.15, 0.2) is 17.9 Å². The van der Waals surface area contributed by atoms with Crippen molar-refractivity contribution >= 4 is 11.8 Å². The highest BCUT2D eigenvalue weighted by molar-refractivity contribution is 5.79. The molecule has 0 aliphatic carbocycles. The second kappa shape index (κ2) is 24.5. The fraction of sp³-hybridized carbons (Fsp3) is 0.659. The van der Waals surface area contributed by atoms with Gasteiger partial charge in [0.2, 0.25) is 11.8 Å². The molecular weight excluding hydrogens is 702 g/mol. The summed E-state index contributed by atoms with van der Waals surface area (Å²) in [6, 6.07) is 9.16. The van der Waals surface area contributed by atoms with E-state index in [9.17, 15) is 43.9 Å². The highest BCUT2D eigenvalue weighted by Crippen LogP contribution is 2.23. The molecule has 0 bridgehead atoms. The lowest BCUT2D eigenvalue weighted by Gasteiger charge is -2.41. The molecule has 1 aliphatic heterocycles. The van der Waals surface area contributed by atoms with Crippen LogP contribution in [0.3, 0.4) is 0 Å². The van der Waals surface area contributed by atoms with Crippen molar-refractivity contribution < 1.29 is 53.4 Å². The number of nitrogens with one attached hydrogen (secondary N) is 2. The number of ether oxygens (including phenoxy) is 2. The van der Waals surface area contributed by atoms with Crippen LogP contribution in [0.15, 0.2) is 42.5 Å². The van der Waals surface area contributed by atoms with Gasteiger partial charge in [-0.25, -0.2) is 8.78 Å². The smallest absolute Gasteiger partial charge is 0.224 e. The van der Waals surface area contributed by atoms with Crippen molar-refractivity contribution in [2.75, 3.05) is 13.2 Å². The largest absolute Gasteiger partial charge is 0.390 e. The Hall–Kier alpha value is -3.04. The molecule has 11 nitrogen and oxygen atoms in total. The summed E-state index contributed by atoms with van der Waals surface area (Å²) in [5, 5.41) is 59.2. The Morgan fingerprint density at radius 1 is 0.796 bits per heavy atom. The number of benzene rings is 2. The van der Waals surface area contributed by atoms with E-state index < -0.39 is 73.1 Å². The quantitative estimate of drug-likeness (QED) is 0.0727. The van der Waals surface area contributed by atoms with E-state index in [2.05, 4.69) is 17.6 Å². The first-order chi connectivity index (χ1) is 25.9. The molecule has 54 heavy (non-hydrogen) atoms. The van der Waals surface area contributed by atoms with Gasteiger partial charge < -0.3 is 45.6 Å². The van der Waals surface area contributed by atoms with E-state index in [0.717, 1.165) is 48.9 Å². The lowest BCUT2D eigenvalue weighted by Crippen LogP contribution is -2.61. The second-order valence-corrected chi connectivity index (χ2v) is 14.6. The molecule has 304 valence electrons. The molecule has 2 aromatic carbocycles. The maximum absolute atomic E-state index is 13.8.